The molecule has 1 heterocycles. The zero-order valence-corrected chi connectivity index (χ0v) is 20.3. The van der Waals surface area contributed by atoms with Gasteiger partial charge < -0.3 is 24.4 Å². The fraction of sp³-hybridized carbons (Fsp3) is 0.632. The molecular weight excluding hydrogens is 525 g/mol. The molecule has 0 amide bonds. The van der Waals surface area contributed by atoms with Crippen molar-refractivity contribution >= 4 is 45.9 Å². The third-order valence-corrected chi connectivity index (χ3v) is 4.97. The van der Waals surface area contributed by atoms with Gasteiger partial charge in [-0.25, -0.2) is 0 Å². The van der Waals surface area contributed by atoms with Gasteiger partial charge in [-0.2, -0.15) is 0 Å². The van der Waals surface area contributed by atoms with E-state index >= 15 is 0 Å². The van der Waals surface area contributed by atoms with Crippen molar-refractivity contribution in [2.75, 3.05) is 47.6 Å². The zero-order chi connectivity index (χ0) is 18.8. The number of guanidine groups is 1. The topological polar surface area (TPSA) is 55.3 Å². The molecule has 1 fully saturated rings. The molecule has 27 heavy (non-hydrogen) atoms. The summed E-state index contributed by atoms with van der Waals surface area (Å²) in [5.41, 5.74) is 1.10. The lowest BCUT2D eigenvalue weighted by molar-refractivity contribution is 0.00989. The largest absolute Gasteiger partial charge is 0.496 e. The van der Waals surface area contributed by atoms with Crippen LogP contribution in [0.2, 0.25) is 0 Å². The minimum Gasteiger partial charge on any atom is -0.496 e. The van der Waals surface area contributed by atoms with E-state index in [1.807, 2.05) is 19.2 Å². The molecule has 1 aromatic rings. The number of piperidine rings is 1. The standard InChI is InChI=1S/C19H30BrN3O3.HI/c1-21-19(22-14-15-13-16(20)5-6-18(15)25-3)23-9-7-17(8-10-23)26-12-4-11-24-2;/h5-6,13,17H,4,7-12,14H2,1-3H3,(H,21,22);1H. The van der Waals surface area contributed by atoms with Crippen LogP contribution in [0.15, 0.2) is 27.7 Å². The molecule has 1 N–H and O–H groups in total. The third kappa shape index (κ3) is 8.13. The lowest BCUT2D eigenvalue weighted by Crippen LogP contribution is -2.46. The van der Waals surface area contributed by atoms with Crippen LogP contribution < -0.4 is 10.1 Å². The Balaban J connectivity index is 0.00000364. The molecule has 154 valence electrons. The van der Waals surface area contributed by atoms with Gasteiger partial charge in [-0.05, 0) is 37.5 Å². The summed E-state index contributed by atoms with van der Waals surface area (Å²) in [6.07, 6.45) is 3.34. The van der Waals surface area contributed by atoms with Crippen molar-refractivity contribution in [3.63, 3.8) is 0 Å². The predicted octanol–water partition coefficient (Wildman–Crippen LogP) is 3.67. The fourth-order valence-corrected chi connectivity index (χ4v) is 3.49. The van der Waals surface area contributed by atoms with Crippen LogP contribution in [0.4, 0.5) is 0 Å². The van der Waals surface area contributed by atoms with Gasteiger partial charge in [0.1, 0.15) is 5.75 Å². The first-order valence-corrected chi connectivity index (χ1v) is 9.85. The molecule has 1 aliphatic rings. The van der Waals surface area contributed by atoms with E-state index in [1.165, 1.54) is 0 Å². The number of rotatable bonds is 8. The monoisotopic (exact) mass is 555 g/mol. The Kier molecular flexibility index (Phi) is 12.3. The average Bonchev–Trinajstić information content (AvgIpc) is 2.67. The molecule has 0 radical (unpaired) electrons. The maximum Gasteiger partial charge on any atom is 0.193 e. The first kappa shape index (κ1) is 24.5. The van der Waals surface area contributed by atoms with Gasteiger partial charge in [-0.1, -0.05) is 15.9 Å². The molecule has 0 bridgehead atoms. The van der Waals surface area contributed by atoms with E-state index in [4.69, 9.17) is 14.2 Å². The molecule has 0 atom stereocenters. The summed E-state index contributed by atoms with van der Waals surface area (Å²) in [6, 6.07) is 6.02. The fourth-order valence-electron chi connectivity index (χ4n) is 3.08. The summed E-state index contributed by atoms with van der Waals surface area (Å²) in [5, 5.41) is 3.45. The molecular formula is C19H31BrIN3O3. The molecule has 1 aromatic carbocycles. The Hall–Kier alpha value is -0.580. The summed E-state index contributed by atoms with van der Waals surface area (Å²) in [4.78, 5) is 6.73. The molecule has 1 aliphatic heterocycles. The van der Waals surface area contributed by atoms with E-state index in [2.05, 4.69) is 37.2 Å². The van der Waals surface area contributed by atoms with E-state index in [1.54, 1.807) is 14.2 Å². The second kappa shape index (κ2) is 13.6. The van der Waals surface area contributed by atoms with Gasteiger partial charge >= 0.3 is 0 Å². The number of halogens is 2. The van der Waals surface area contributed by atoms with Crippen LogP contribution in [0.5, 0.6) is 5.75 Å². The highest BCUT2D eigenvalue weighted by atomic mass is 127. The normalized spacial score (nSPS) is 15.4. The Morgan fingerprint density at radius 2 is 2.00 bits per heavy atom. The van der Waals surface area contributed by atoms with Gasteiger partial charge in [0.15, 0.2) is 5.96 Å². The number of aliphatic imine (C=N–C) groups is 1. The molecule has 0 aliphatic carbocycles. The smallest absolute Gasteiger partial charge is 0.193 e. The Morgan fingerprint density at radius 3 is 2.63 bits per heavy atom. The van der Waals surface area contributed by atoms with Gasteiger partial charge in [0.05, 0.1) is 13.2 Å². The van der Waals surface area contributed by atoms with Crippen LogP contribution in [-0.4, -0.2) is 64.5 Å². The number of hydrogen-bond donors (Lipinski definition) is 1. The third-order valence-electron chi connectivity index (χ3n) is 4.48. The van der Waals surface area contributed by atoms with Crippen LogP contribution in [0.1, 0.15) is 24.8 Å². The molecule has 0 unspecified atom stereocenters. The number of benzene rings is 1. The van der Waals surface area contributed by atoms with Crippen LogP contribution >= 0.6 is 39.9 Å². The van der Waals surface area contributed by atoms with Crippen LogP contribution in [0.3, 0.4) is 0 Å². The van der Waals surface area contributed by atoms with Crippen molar-refractivity contribution in [3.05, 3.63) is 28.2 Å². The van der Waals surface area contributed by atoms with E-state index in [0.29, 0.717) is 12.6 Å². The van der Waals surface area contributed by atoms with Gasteiger partial charge in [0.25, 0.3) is 0 Å². The molecule has 2 rings (SSSR count). The second-order valence-electron chi connectivity index (χ2n) is 6.26. The van der Waals surface area contributed by atoms with E-state index in [-0.39, 0.29) is 24.0 Å². The molecule has 8 heteroatoms. The van der Waals surface area contributed by atoms with Crippen molar-refractivity contribution in [1.82, 2.24) is 10.2 Å². The van der Waals surface area contributed by atoms with Crippen molar-refractivity contribution in [1.29, 1.82) is 0 Å². The van der Waals surface area contributed by atoms with Crippen LogP contribution in [0, 0.1) is 0 Å². The molecule has 0 saturated carbocycles. The summed E-state index contributed by atoms with van der Waals surface area (Å²) >= 11 is 3.52. The Morgan fingerprint density at radius 1 is 1.26 bits per heavy atom. The number of nitrogens with zero attached hydrogens (tertiary/aromatic N) is 2. The molecule has 0 aromatic heterocycles. The van der Waals surface area contributed by atoms with Crippen molar-refractivity contribution < 1.29 is 14.2 Å². The minimum absolute atomic E-state index is 0. The van der Waals surface area contributed by atoms with Gasteiger partial charge in [0.2, 0.25) is 0 Å². The van der Waals surface area contributed by atoms with Crippen molar-refractivity contribution in [2.45, 2.75) is 31.9 Å². The zero-order valence-electron chi connectivity index (χ0n) is 16.4. The number of ether oxygens (including phenoxy) is 3. The highest BCUT2D eigenvalue weighted by Gasteiger charge is 2.22. The number of methoxy groups -OCH3 is 2. The quantitative estimate of drug-likeness (QED) is 0.230. The van der Waals surface area contributed by atoms with Crippen molar-refractivity contribution in [2.24, 2.45) is 4.99 Å². The van der Waals surface area contributed by atoms with Crippen molar-refractivity contribution in [3.8, 4) is 5.75 Å². The SMILES string of the molecule is CN=C(NCc1cc(Br)ccc1OC)N1CCC(OCCCOC)CC1.I. The van der Waals surface area contributed by atoms with Gasteiger partial charge in [-0.15, -0.1) is 24.0 Å². The van der Waals surface area contributed by atoms with Crippen LogP contribution in [-0.2, 0) is 16.0 Å². The minimum atomic E-state index is 0. The summed E-state index contributed by atoms with van der Waals surface area (Å²) in [5.74, 6) is 1.80. The lowest BCUT2D eigenvalue weighted by atomic mass is 10.1. The maximum atomic E-state index is 5.93. The highest BCUT2D eigenvalue weighted by Crippen LogP contribution is 2.23. The first-order valence-electron chi connectivity index (χ1n) is 9.06. The predicted molar refractivity (Wildman–Crippen MR) is 123 cm³/mol. The highest BCUT2D eigenvalue weighted by molar-refractivity contribution is 14.0. The molecule has 1 saturated heterocycles. The average molecular weight is 556 g/mol. The summed E-state index contributed by atoms with van der Waals surface area (Å²) in [7, 11) is 5.24. The van der Waals surface area contributed by atoms with E-state index in [9.17, 15) is 0 Å². The van der Waals surface area contributed by atoms with Crippen LogP contribution in [0.25, 0.3) is 0 Å². The number of hydrogen-bond acceptors (Lipinski definition) is 4. The lowest BCUT2D eigenvalue weighted by Gasteiger charge is -2.34. The molecule has 0 spiro atoms. The Bertz CT molecular complexity index is 581. The number of likely N-dealkylation sites (tertiary alicyclic amines) is 1. The molecule has 6 nitrogen and oxygen atoms in total. The van der Waals surface area contributed by atoms with E-state index in [0.717, 1.165) is 67.3 Å². The van der Waals surface area contributed by atoms with E-state index < -0.39 is 0 Å². The van der Waals surface area contributed by atoms with Gasteiger partial charge in [0, 0.05) is 57.0 Å². The maximum absolute atomic E-state index is 5.93. The second-order valence-corrected chi connectivity index (χ2v) is 7.18. The summed E-state index contributed by atoms with van der Waals surface area (Å²) < 4.78 is 17.5. The Labute approximate surface area is 188 Å². The van der Waals surface area contributed by atoms with Gasteiger partial charge in [-0.3, -0.25) is 4.99 Å². The first-order chi connectivity index (χ1) is 12.7. The summed E-state index contributed by atoms with van der Waals surface area (Å²) in [6.45, 7) is 4.10. The number of nitrogens with one attached hydrogen (secondary N) is 1.